The molecule has 10 nitrogen and oxygen atoms in total. The van der Waals surface area contributed by atoms with Crippen LogP contribution in [0.3, 0.4) is 0 Å². The Balaban J connectivity index is 1.91. The zero-order valence-corrected chi connectivity index (χ0v) is 22.5. The highest BCUT2D eigenvalue weighted by molar-refractivity contribution is 6.04. The number of hydrogen-bond acceptors (Lipinski definition) is 8. The minimum Gasteiger partial charge on any atom is -0.461 e. The highest BCUT2D eigenvalue weighted by atomic mass is 19.4. The van der Waals surface area contributed by atoms with Crippen molar-refractivity contribution in [3.63, 3.8) is 0 Å². The largest absolute Gasteiger partial charge is 0.461 e. The summed E-state index contributed by atoms with van der Waals surface area (Å²) in [5, 5.41) is 12.1. The molecule has 0 spiro atoms. The van der Waals surface area contributed by atoms with Crippen LogP contribution in [0.5, 0.6) is 0 Å². The van der Waals surface area contributed by atoms with E-state index in [9.17, 15) is 35.9 Å². The van der Waals surface area contributed by atoms with E-state index in [4.69, 9.17) is 9.47 Å². The van der Waals surface area contributed by atoms with Crippen LogP contribution in [0.4, 0.5) is 37.1 Å². The van der Waals surface area contributed by atoms with Gasteiger partial charge in [0.15, 0.2) is 0 Å². The number of halogens is 6. The summed E-state index contributed by atoms with van der Waals surface area (Å²) in [5.41, 5.74) is -3.15. The predicted octanol–water partition coefficient (Wildman–Crippen LogP) is 5.59. The van der Waals surface area contributed by atoms with E-state index in [0.717, 1.165) is 9.36 Å². The zero-order valence-electron chi connectivity index (χ0n) is 22.5. The van der Waals surface area contributed by atoms with Gasteiger partial charge in [0.25, 0.3) is 5.95 Å². The minimum absolute atomic E-state index is 0.0182. The number of carbonyl (C=O) groups excluding carboxylic acids is 2. The Hall–Kier alpha value is -4.63. The van der Waals surface area contributed by atoms with E-state index in [0.29, 0.717) is 17.5 Å². The summed E-state index contributed by atoms with van der Waals surface area (Å²) in [7, 11) is 1.41. The van der Waals surface area contributed by atoms with Gasteiger partial charge in [-0.3, -0.25) is 0 Å². The number of anilines is 1. The molecule has 16 heteroatoms. The molecule has 0 saturated heterocycles. The summed E-state index contributed by atoms with van der Waals surface area (Å²) in [6.07, 6.45) is -11.0. The van der Waals surface area contributed by atoms with E-state index >= 15 is 0 Å². The van der Waals surface area contributed by atoms with Gasteiger partial charge in [-0.15, -0.1) is 5.10 Å². The van der Waals surface area contributed by atoms with E-state index in [1.807, 2.05) is 0 Å². The number of aryl methyl sites for hydroxylation is 1. The fraction of sp³-hybridized carbons (Fsp3) is 0.346. The average molecular weight is 599 g/mol. The Morgan fingerprint density at radius 1 is 0.905 bits per heavy atom. The first-order chi connectivity index (χ1) is 19.7. The molecule has 4 rings (SSSR count). The standard InChI is InChI=1S/C26H24F6N6O4/c1-4-41-22(39)21-19(18-8-6-7-9-20(18)38(21)24(40)42-5-2)14-37(23-33-35-36(3)34-23)13-15-10-16(25(27,28)29)12-17(11-15)26(30,31)32/h6-12H,4-5,13-14H2,1-3H3. The number of alkyl halides is 6. The van der Waals surface area contributed by atoms with Crippen molar-refractivity contribution in [2.24, 2.45) is 7.05 Å². The Morgan fingerprint density at radius 2 is 1.52 bits per heavy atom. The second-order valence-corrected chi connectivity index (χ2v) is 8.95. The fourth-order valence-electron chi connectivity index (χ4n) is 4.38. The van der Waals surface area contributed by atoms with Crippen LogP contribution in [0, 0.1) is 0 Å². The molecule has 2 aromatic heterocycles. The topological polar surface area (TPSA) is 104 Å². The molecule has 0 N–H and O–H groups in total. The number of esters is 1. The molecule has 0 fully saturated rings. The van der Waals surface area contributed by atoms with Crippen LogP contribution in [0.25, 0.3) is 10.9 Å². The van der Waals surface area contributed by atoms with Gasteiger partial charge in [0.2, 0.25) is 0 Å². The van der Waals surface area contributed by atoms with E-state index in [-0.39, 0.29) is 54.1 Å². The van der Waals surface area contributed by atoms with Gasteiger partial charge in [0.1, 0.15) is 5.69 Å². The van der Waals surface area contributed by atoms with Gasteiger partial charge >= 0.3 is 24.4 Å². The second kappa shape index (κ2) is 11.7. The Kier molecular flexibility index (Phi) is 8.45. The minimum atomic E-state index is -5.06. The highest BCUT2D eigenvalue weighted by Gasteiger charge is 2.37. The number of fused-ring (bicyclic) bond motifs is 1. The monoisotopic (exact) mass is 598 g/mol. The van der Waals surface area contributed by atoms with Crippen molar-refractivity contribution in [1.29, 1.82) is 0 Å². The molecule has 0 aliphatic carbocycles. The van der Waals surface area contributed by atoms with Crippen LogP contribution in [0.1, 0.15) is 46.6 Å². The van der Waals surface area contributed by atoms with Crippen LogP contribution in [0.15, 0.2) is 42.5 Å². The quantitative estimate of drug-likeness (QED) is 0.191. The molecule has 0 aliphatic heterocycles. The normalized spacial score (nSPS) is 12.0. The lowest BCUT2D eigenvalue weighted by molar-refractivity contribution is -0.143. The summed E-state index contributed by atoms with van der Waals surface area (Å²) < 4.78 is 92.7. The molecule has 4 aromatic rings. The number of tetrazole rings is 1. The third kappa shape index (κ3) is 6.31. The number of ether oxygens (including phenoxy) is 2. The maximum atomic E-state index is 13.6. The van der Waals surface area contributed by atoms with Crippen LogP contribution in [-0.4, -0.2) is 50.1 Å². The van der Waals surface area contributed by atoms with Gasteiger partial charge in [-0.25, -0.2) is 14.2 Å². The summed E-state index contributed by atoms with van der Waals surface area (Å²) in [6.45, 7) is 2.15. The van der Waals surface area contributed by atoms with Crippen molar-refractivity contribution in [3.8, 4) is 0 Å². The fourth-order valence-corrected chi connectivity index (χ4v) is 4.38. The summed E-state index contributed by atoms with van der Waals surface area (Å²) >= 11 is 0. The van der Waals surface area contributed by atoms with Crippen molar-refractivity contribution in [3.05, 3.63) is 70.4 Å². The Morgan fingerprint density at radius 3 is 2.07 bits per heavy atom. The van der Waals surface area contributed by atoms with Gasteiger partial charge in [-0.1, -0.05) is 23.3 Å². The Labute approximate surface area is 234 Å². The smallest absolute Gasteiger partial charge is 0.419 e. The lowest BCUT2D eigenvalue weighted by Crippen LogP contribution is -2.27. The third-order valence-electron chi connectivity index (χ3n) is 6.05. The maximum absolute atomic E-state index is 13.6. The molecule has 2 heterocycles. The predicted molar refractivity (Wildman–Crippen MR) is 135 cm³/mol. The molecule has 0 atom stereocenters. The van der Waals surface area contributed by atoms with Crippen molar-refractivity contribution in [1.82, 2.24) is 24.8 Å². The third-order valence-corrected chi connectivity index (χ3v) is 6.05. The SMILES string of the molecule is CCOC(=O)c1c(CN(Cc2cc(C(F)(F)F)cc(C(F)(F)F)c2)c2nnn(C)n2)c2ccccc2n1C(=O)OCC. The lowest BCUT2D eigenvalue weighted by Gasteiger charge is -2.23. The van der Waals surface area contributed by atoms with Crippen molar-refractivity contribution < 1.29 is 45.4 Å². The van der Waals surface area contributed by atoms with Gasteiger partial charge < -0.3 is 14.4 Å². The van der Waals surface area contributed by atoms with Gasteiger partial charge in [-0.05, 0) is 48.9 Å². The van der Waals surface area contributed by atoms with Gasteiger partial charge in [-0.2, -0.15) is 31.1 Å². The molecule has 0 bridgehead atoms. The Bertz CT molecular complexity index is 1580. The number of aromatic nitrogens is 5. The van der Waals surface area contributed by atoms with Gasteiger partial charge in [0.05, 0.1) is 36.9 Å². The number of benzene rings is 2. The van der Waals surface area contributed by atoms with E-state index < -0.39 is 42.1 Å². The summed E-state index contributed by atoms with van der Waals surface area (Å²) in [6, 6.07) is 7.59. The maximum Gasteiger partial charge on any atom is 0.419 e. The molecule has 0 saturated carbocycles. The molecular formula is C26H24F6N6O4. The summed E-state index contributed by atoms with van der Waals surface area (Å²) in [5.74, 6) is -1.06. The first-order valence-electron chi connectivity index (χ1n) is 12.5. The van der Waals surface area contributed by atoms with Crippen molar-refractivity contribution in [2.75, 3.05) is 18.1 Å². The highest BCUT2D eigenvalue weighted by Crippen LogP contribution is 2.37. The van der Waals surface area contributed by atoms with Crippen LogP contribution >= 0.6 is 0 Å². The molecule has 0 aliphatic rings. The number of carbonyl (C=O) groups is 2. The molecule has 42 heavy (non-hydrogen) atoms. The van der Waals surface area contributed by atoms with Crippen LogP contribution in [0.2, 0.25) is 0 Å². The molecule has 2 aromatic carbocycles. The van der Waals surface area contributed by atoms with E-state index in [1.54, 1.807) is 38.1 Å². The van der Waals surface area contributed by atoms with Crippen molar-refractivity contribution >= 4 is 28.9 Å². The number of hydrogen-bond donors (Lipinski definition) is 0. The van der Waals surface area contributed by atoms with E-state index in [2.05, 4.69) is 15.4 Å². The number of rotatable bonds is 8. The molecular weight excluding hydrogens is 574 g/mol. The van der Waals surface area contributed by atoms with Gasteiger partial charge in [0, 0.05) is 24.0 Å². The lowest BCUT2D eigenvalue weighted by atomic mass is 10.0. The number of para-hydroxylation sites is 1. The first-order valence-corrected chi connectivity index (χ1v) is 12.5. The number of nitrogens with zero attached hydrogens (tertiary/aromatic N) is 6. The van der Waals surface area contributed by atoms with Crippen LogP contribution < -0.4 is 4.90 Å². The molecule has 0 unspecified atom stereocenters. The second-order valence-electron chi connectivity index (χ2n) is 8.95. The molecule has 224 valence electrons. The molecule has 0 radical (unpaired) electrons. The van der Waals surface area contributed by atoms with Crippen LogP contribution in [-0.2, 0) is 42.0 Å². The average Bonchev–Trinajstić information content (AvgIpc) is 3.49. The van der Waals surface area contributed by atoms with E-state index in [1.165, 1.54) is 11.9 Å². The first kappa shape index (κ1) is 30.3. The van der Waals surface area contributed by atoms with Crippen molar-refractivity contribution in [2.45, 2.75) is 39.3 Å². The molecule has 0 amide bonds. The zero-order chi connectivity index (χ0) is 30.8. The summed E-state index contributed by atoms with van der Waals surface area (Å²) in [4.78, 5) is 28.5.